The molecule has 0 saturated carbocycles. The van der Waals surface area contributed by atoms with Gasteiger partial charge in [-0.05, 0) is 82.1 Å². The Morgan fingerprint density at radius 3 is 2.25 bits per heavy atom. The maximum absolute atomic E-state index is 13.2. The largest absolute Gasteiger partial charge is 0.484 e. The lowest BCUT2D eigenvalue weighted by Gasteiger charge is -2.39. The Balaban J connectivity index is 1.49. The molecule has 1 fully saturated rings. The van der Waals surface area contributed by atoms with E-state index in [1.807, 2.05) is 58.0 Å². The van der Waals surface area contributed by atoms with Gasteiger partial charge in [0.25, 0.3) is 0 Å². The van der Waals surface area contributed by atoms with Crippen LogP contribution in [-0.2, 0) is 23.2 Å². The highest BCUT2D eigenvalue weighted by Gasteiger charge is 2.29. The summed E-state index contributed by atoms with van der Waals surface area (Å²) < 4.78 is 11.8. The summed E-state index contributed by atoms with van der Waals surface area (Å²) in [5.74, 6) is 1.01. The number of carbonyl (C=O) groups is 1. The molecule has 0 aliphatic carbocycles. The van der Waals surface area contributed by atoms with E-state index >= 15 is 0 Å². The van der Waals surface area contributed by atoms with Crippen LogP contribution in [0.1, 0.15) is 94.4 Å². The van der Waals surface area contributed by atoms with Crippen LogP contribution < -0.4 is 9.64 Å². The Morgan fingerprint density at radius 2 is 1.65 bits per heavy atom. The van der Waals surface area contributed by atoms with E-state index in [0.29, 0.717) is 35.8 Å². The molecule has 4 rings (SSSR count). The number of carbonyl (C=O) groups excluding carboxylic acids is 1. The number of aromatic nitrogens is 2. The average Bonchev–Trinajstić information content (AvgIpc) is 2.87. The Labute approximate surface area is 240 Å². The second-order valence-corrected chi connectivity index (χ2v) is 13.1. The van der Waals surface area contributed by atoms with Crippen molar-refractivity contribution in [2.45, 2.75) is 98.3 Å². The number of benzene rings is 2. The molecule has 2 heterocycles. The second kappa shape index (κ2) is 12.0. The highest BCUT2D eigenvalue weighted by Crippen LogP contribution is 2.32. The fraction of sp³-hybridized carbons (Fsp3) is 0.500. The van der Waals surface area contributed by atoms with Crippen LogP contribution in [-0.4, -0.2) is 34.1 Å². The lowest BCUT2D eigenvalue weighted by Crippen LogP contribution is -2.41. The number of nitrogens with zero attached hydrogens (tertiary/aromatic N) is 3. The van der Waals surface area contributed by atoms with Crippen molar-refractivity contribution < 1.29 is 14.3 Å². The van der Waals surface area contributed by atoms with Gasteiger partial charge >= 0.3 is 5.97 Å². The summed E-state index contributed by atoms with van der Waals surface area (Å²) in [6.45, 7) is 17.8. The fourth-order valence-electron chi connectivity index (χ4n) is 5.33. The number of piperidine rings is 1. The fourth-order valence-corrected chi connectivity index (χ4v) is 5.33. The molecule has 0 spiro atoms. The molecule has 1 aromatic heterocycles. The normalized spacial score (nSPS) is 17.9. The van der Waals surface area contributed by atoms with E-state index in [9.17, 15) is 4.79 Å². The molecule has 1 aliphatic rings. The first-order valence-electron chi connectivity index (χ1n) is 14.4. The molecular weight excluding hydrogens is 498 g/mol. The molecule has 0 bridgehead atoms. The molecular formula is C34H45N3O3. The number of aryl methyl sites for hydroxylation is 1. The van der Waals surface area contributed by atoms with Crippen molar-refractivity contribution in [3.63, 3.8) is 0 Å². The van der Waals surface area contributed by atoms with Gasteiger partial charge in [0, 0.05) is 24.7 Å². The zero-order valence-electron chi connectivity index (χ0n) is 25.5. The number of hydrogen-bond donors (Lipinski definition) is 0. The van der Waals surface area contributed by atoms with Gasteiger partial charge in [0.15, 0.2) is 11.4 Å². The van der Waals surface area contributed by atoms with Crippen molar-refractivity contribution in [1.29, 1.82) is 0 Å². The number of rotatable bonds is 7. The van der Waals surface area contributed by atoms with E-state index in [4.69, 9.17) is 19.4 Å². The van der Waals surface area contributed by atoms with Crippen LogP contribution in [0.15, 0.2) is 54.6 Å². The van der Waals surface area contributed by atoms with Crippen molar-refractivity contribution >= 4 is 11.7 Å². The topological polar surface area (TPSA) is 64.6 Å². The molecule has 214 valence electrons. The van der Waals surface area contributed by atoms with Crippen LogP contribution >= 0.6 is 0 Å². The van der Waals surface area contributed by atoms with Crippen LogP contribution in [0.2, 0.25) is 0 Å². The molecule has 1 saturated heterocycles. The van der Waals surface area contributed by atoms with E-state index in [1.165, 1.54) is 11.3 Å². The summed E-state index contributed by atoms with van der Waals surface area (Å²) in [5, 5.41) is 0. The first-order chi connectivity index (χ1) is 18.8. The van der Waals surface area contributed by atoms with Gasteiger partial charge in [-0.25, -0.2) is 14.8 Å². The molecule has 0 N–H and O–H groups in total. The third-order valence-electron chi connectivity index (χ3n) is 7.42. The first-order valence-corrected chi connectivity index (χ1v) is 14.4. The Hall–Kier alpha value is -3.41. The van der Waals surface area contributed by atoms with Gasteiger partial charge in [-0.3, -0.25) is 0 Å². The van der Waals surface area contributed by atoms with E-state index in [2.05, 4.69) is 56.9 Å². The van der Waals surface area contributed by atoms with E-state index in [1.54, 1.807) is 0 Å². The van der Waals surface area contributed by atoms with Crippen LogP contribution in [0.4, 0.5) is 5.69 Å². The Morgan fingerprint density at radius 1 is 0.975 bits per heavy atom. The minimum atomic E-state index is -0.639. The summed E-state index contributed by atoms with van der Waals surface area (Å²) in [4.78, 5) is 25.3. The Bertz CT molecular complexity index is 1290. The molecule has 2 atom stereocenters. The van der Waals surface area contributed by atoms with E-state index in [0.717, 1.165) is 31.4 Å². The van der Waals surface area contributed by atoms with Crippen LogP contribution in [0.3, 0.4) is 0 Å². The monoisotopic (exact) mass is 543 g/mol. The van der Waals surface area contributed by atoms with Gasteiger partial charge < -0.3 is 14.4 Å². The van der Waals surface area contributed by atoms with Crippen molar-refractivity contribution in [1.82, 2.24) is 9.97 Å². The smallest absolute Gasteiger partial charge is 0.361 e. The molecule has 3 aromatic rings. The SMILES string of the molecule is Cc1nc(C[C@@H]2CCN(c3ccc(C(C)(C)C)cc3)[C@H](C)C2)nc(C(=O)OC(C)(C)C)c1OCc1ccccc1. The van der Waals surface area contributed by atoms with Crippen LogP contribution in [0.5, 0.6) is 5.75 Å². The zero-order valence-corrected chi connectivity index (χ0v) is 25.5. The van der Waals surface area contributed by atoms with Crippen molar-refractivity contribution in [3.8, 4) is 5.75 Å². The third-order valence-corrected chi connectivity index (χ3v) is 7.42. The minimum absolute atomic E-state index is 0.148. The van der Waals surface area contributed by atoms with Gasteiger partial charge in [0.2, 0.25) is 0 Å². The predicted molar refractivity (Wildman–Crippen MR) is 161 cm³/mol. The maximum Gasteiger partial charge on any atom is 0.361 e. The molecule has 0 amide bonds. The minimum Gasteiger partial charge on any atom is -0.484 e. The summed E-state index contributed by atoms with van der Waals surface area (Å²) in [6, 6.07) is 19.3. The number of anilines is 1. The second-order valence-electron chi connectivity index (χ2n) is 13.1. The lowest BCUT2D eigenvalue weighted by molar-refractivity contribution is 0.00572. The van der Waals surface area contributed by atoms with Gasteiger partial charge in [-0.15, -0.1) is 0 Å². The summed E-state index contributed by atoms with van der Waals surface area (Å²) in [7, 11) is 0. The summed E-state index contributed by atoms with van der Waals surface area (Å²) >= 11 is 0. The molecule has 1 aliphatic heterocycles. The number of hydrogen-bond acceptors (Lipinski definition) is 6. The predicted octanol–water partition coefficient (Wildman–Crippen LogP) is 7.46. The maximum atomic E-state index is 13.2. The van der Waals surface area contributed by atoms with Crippen LogP contribution in [0, 0.1) is 12.8 Å². The molecule has 0 unspecified atom stereocenters. The standard InChI is InChI=1S/C34H45N3O3/c1-23-20-26(18-19-37(23)28-16-14-27(15-17-28)33(3,4)5)21-29-35-24(2)31(39-22-25-12-10-9-11-13-25)30(36-29)32(38)40-34(6,7)8/h9-17,23,26H,18-22H2,1-8H3/t23-,26-/m1/s1. The third kappa shape index (κ3) is 7.61. The van der Waals surface area contributed by atoms with Gasteiger partial charge in [0.1, 0.15) is 18.0 Å². The van der Waals surface area contributed by atoms with Crippen molar-refractivity contribution in [2.75, 3.05) is 11.4 Å². The molecule has 0 radical (unpaired) electrons. The number of ether oxygens (including phenoxy) is 2. The van der Waals surface area contributed by atoms with Crippen molar-refractivity contribution in [2.24, 2.45) is 5.92 Å². The Kier molecular flexibility index (Phi) is 8.86. The van der Waals surface area contributed by atoms with E-state index < -0.39 is 11.6 Å². The molecule has 2 aromatic carbocycles. The van der Waals surface area contributed by atoms with Crippen LogP contribution in [0.25, 0.3) is 0 Å². The molecule has 40 heavy (non-hydrogen) atoms. The van der Waals surface area contributed by atoms with Crippen molar-refractivity contribution in [3.05, 3.63) is 82.9 Å². The summed E-state index contributed by atoms with van der Waals surface area (Å²) in [5.41, 5.74) is 4.01. The first kappa shape index (κ1) is 29.6. The highest BCUT2D eigenvalue weighted by molar-refractivity contribution is 5.90. The highest BCUT2D eigenvalue weighted by atomic mass is 16.6. The van der Waals surface area contributed by atoms with E-state index in [-0.39, 0.29) is 11.1 Å². The average molecular weight is 544 g/mol. The lowest BCUT2D eigenvalue weighted by atomic mass is 9.86. The van der Waals surface area contributed by atoms with Gasteiger partial charge in [-0.2, -0.15) is 0 Å². The zero-order chi connectivity index (χ0) is 29.1. The summed E-state index contributed by atoms with van der Waals surface area (Å²) in [6.07, 6.45) is 2.80. The molecule has 6 nitrogen and oxygen atoms in total. The number of esters is 1. The van der Waals surface area contributed by atoms with Gasteiger partial charge in [0.05, 0.1) is 5.69 Å². The van der Waals surface area contributed by atoms with Gasteiger partial charge in [-0.1, -0.05) is 63.2 Å². The quantitative estimate of drug-likeness (QED) is 0.288. The molecule has 6 heteroatoms.